The fourth-order valence-corrected chi connectivity index (χ4v) is 3.14. The second-order valence-corrected chi connectivity index (χ2v) is 7.87. The molecule has 19 heavy (non-hydrogen) atoms. The maximum atomic E-state index is 3.74. The lowest BCUT2D eigenvalue weighted by molar-refractivity contribution is 0.224. The Kier molecular flexibility index (Phi) is 6.55. The van der Waals surface area contributed by atoms with E-state index in [1.54, 1.807) is 0 Å². The van der Waals surface area contributed by atoms with Gasteiger partial charge in [-0.3, -0.25) is 0 Å². The minimum absolute atomic E-state index is 0.386. The van der Waals surface area contributed by atoms with E-state index in [2.05, 4.69) is 59.0 Å². The molecule has 1 N–H and O–H groups in total. The highest BCUT2D eigenvalue weighted by molar-refractivity contribution is 7.12. The zero-order chi connectivity index (χ0) is 14.5. The van der Waals surface area contributed by atoms with Crippen LogP contribution < -0.4 is 5.32 Å². The first-order valence-corrected chi connectivity index (χ1v) is 8.52. The van der Waals surface area contributed by atoms with Crippen LogP contribution in [0, 0.1) is 11.3 Å². The fraction of sp³-hybridized carbons (Fsp3) is 0.765. The van der Waals surface area contributed by atoms with Crippen molar-refractivity contribution in [2.75, 3.05) is 6.54 Å². The minimum Gasteiger partial charge on any atom is -0.309 e. The van der Waals surface area contributed by atoms with Crippen LogP contribution in [0.1, 0.15) is 70.2 Å². The smallest absolute Gasteiger partial charge is 0.0417 e. The molecule has 110 valence electrons. The summed E-state index contributed by atoms with van der Waals surface area (Å²) in [5.74, 6) is 0.717. The van der Waals surface area contributed by atoms with Gasteiger partial charge in [-0.1, -0.05) is 41.5 Å². The quantitative estimate of drug-likeness (QED) is 0.703. The molecule has 1 aromatic heterocycles. The number of aryl methyl sites for hydroxylation is 1. The average molecular weight is 282 g/mol. The SMILES string of the molecule is CCCNC(CC(C)C(C)(C)C)c1ccc(CC)s1. The van der Waals surface area contributed by atoms with Crippen LogP contribution in [0.25, 0.3) is 0 Å². The van der Waals surface area contributed by atoms with Gasteiger partial charge in [0.15, 0.2) is 0 Å². The van der Waals surface area contributed by atoms with Gasteiger partial charge in [-0.05, 0) is 49.3 Å². The number of thiophene rings is 1. The Labute approximate surface area is 123 Å². The number of hydrogen-bond donors (Lipinski definition) is 1. The molecule has 2 heteroatoms. The van der Waals surface area contributed by atoms with Crippen molar-refractivity contribution in [2.24, 2.45) is 11.3 Å². The van der Waals surface area contributed by atoms with Crippen molar-refractivity contribution in [2.45, 2.75) is 66.8 Å². The van der Waals surface area contributed by atoms with Crippen LogP contribution in [0.15, 0.2) is 12.1 Å². The molecular formula is C17H31NS. The fourth-order valence-electron chi connectivity index (χ4n) is 2.10. The first-order valence-electron chi connectivity index (χ1n) is 7.70. The first kappa shape index (κ1) is 16.7. The number of nitrogens with one attached hydrogen (secondary N) is 1. The van der Waals surface area contributed by atoms with Crippen LogP contribution in [-0.2, 0) is 6.42 Å². The lowest BCUT2D eigenvalue weighted by Gasteiger charge is -2.31. The highest BCUT2D eigenvalue weighted by Crippen LogP contribution is 2.35. The average Bonchev–Trinajstić information content (AvgIpc) is 2.81. The van der Waals surface area contributed by atoms with Crippen molar-refractivity contribution >= 4 is 11.3 Å². The molecular weight excluding hydrogens is 250 g/mol. The molecule has 0 saturated carbocycles. The summed E-state index contributed by atoms with van der Waals surface area (Å²) in [6.07, 6.45) is 3.58. The van der Waals surface area contributed by atoms with Crippen LogP contribution in [0.4, 0.5) is 0 Å². The molecule has 1 nitrogen and oxygen atoms in total. The van der Waals surface area contributed by atoms with Crippen molar-refractivity contribution in [3.05, 3.63) is 21.9 Å². The second-order valence-electron chi connectivity index (χ2n) is 6.67. The van der Waals surface area contributed by atoms with Gasteiger partial charge >= 0.3 is 0 Å². The Bertz CT molecular complexity index is 362. The highest BCUT2D eigenvalue weighted by atomic mass is 32.1. The standard InChI is InChI=1S/C17H31NS/c1-7-11-18-15(12-13(3)17(4,5)6)16-10-9-14(8-2)19-16/h9-10,13,15,18H,7-8,11-12H2,1-6H3. The third-order valence-corrected chi connectivity index (χ3v) is 5.43. The van der Waals surface area contributed by atoms with Gasteiger partial charge in [0, 0.05) is 15.8 Å². The number of hydrogen-bond acceptors (Lipinski definition) is 2. The Morgan fingerprint density at radius 3 is 2.37 bits per heavy atom. The largest absolute Gasteiger partial charge is 0.309 e. The van der Waals surface area contributed by atoms with E-state index in [1.165, 1.54) is 22.6 Å². The molecule has 0 aliphatic carbocycles. The van der Waals surface area contributed by atoms with Gasteiger partial charge in [0.2, 0.25) is 0 Å². The van der Waals surface area contributed by atoms with Crippen LogP contribution in [0.3, 0.4) is 0 Å². The summed E-state index contributed by atoms with van der Waals surface area (Å²) in [6.45, 7) is 15.0. The zero-order valence-electron chi connectivity index (χ0n) is 13.5. The molecule has 0 aliphatic rings. The highest BCUT2D eigenvalue weighted by Gasteiger charge is 2.24. The van der Waals surface area contributed by atoms with E-state index in [4.69, 9.17) is 0 Å². The van der Waals surface area contributed by atoms with Crippen molar-refractivity contribution in [3.8, 4) is 0 Å². The third kappa shape index (κ3) is 5.27. The minimum atomic E-state index is 0.386. The van der Waals surface area contributed by atoms with Gasteiger partial charge in [-0.15, -0.1) is 11.3 Å². The molecule has 0 bridgehead atoms. The van der Waals surface area contributed by atoms with E-state index in [9.17, 15) is 0 Å². The maximum Gasteiger partial charge on any atom is 0.0417 e. The normalized spacial score (nSPS) is 15.5. The molecule has 1 rings (SSSR count). The third-order valence-electron chi connectivity index (χ3n) is 4.08. The topological polar surface area (TPSA) is 12.0 Å². The van der Waals surface area contributed by atoms with E-state index >= 15 is 0 Å². The molecule has 0 fully saturated rings. The Balaban J connectivity index is 2.76. The molecule has 1 heterocycles. The summed E-state index contributed by atoms with van der Waals surface area (Å²) >= 11 is 1.98. The van der Waals surface area contributed by atoms with Gasteiger partial charge in [-0.25, -0.2) is 0 Å². The molecule has 0 spiro atoms. The number of rotatable bonds is 7. The van der Waals surface area contributed by atoms with Crippen LogP contribution in [0.5, 0.6) is 0 Å². The van der Waals surface area contributed by atoms with Crippen molar-refractivity contribution in [3.63, 3.8) is 0 Å². The molecule has 1 aromatic rings. The van der Waals surface area contributed by atoms with Gasteiger partial charge in [0.25, 0.3) is 0 Å². The zero-order valence-corrected chi connectivity index (χ0v) is 14.4. The van der Waals surface area contributed by atoms with E-state index in [0.717, 1.165) is 13.0 Å². The first-order chi connectivity index (χ1) is 8.88. The van der Waals surface area contributed by atoms with Gasteiger partial charge in [0.05, 0.1) is 0 Å². The molecule has 2 atom stereocenters. The van der Waals surface area contributed by atoms with E-state index in [-0.39, 0.29) is 0 Å². The Morgan fingerprint density at radius 2 is 1.89 bits per heavy atom. The van der Waals surface area contributed by atoms with Crippen molar-refractivity contribution in [1.82, 2.24) is 5.32 Å². The van der Waals surface area contributed by atoms with E-state index in [0.29, 0.717) is 17.4 Å². The van der Waals surface area contributed by atoms with Crippen LogP contribution >= 0.6 is 11.3 Å². The molecule has 0 saturated heterocycles. The second kappa shape index (κ2) is 7.44. The molecule has 0 amide bonds. The van der Waals surface area contributed by atoms with Crippen molar-refractivity contribution < 1.29 is 0 Å². The van der Waals surface area contributed by atoms with Gasteiger partial charge in [0.1, 0.15) is 0 Å². The lowest BCUT2D eigenvalue weighted by Crippen LogP contribution is -2.27. The molecule has 0 aromatic carbocycles. The summed E-state index contributed by atoms with van der Waals surface area (Å²) in [7, 11) is 0. The Morgan fingerprint density at radius 1 is 1.21 bits per heavy atom. The summed E-state index contributed by atoms with van der Waals surface area (Å²) in [5.41, 5.74) is 0.386. The molecule has 2 unspecified atom stereocenters. The summed E-state index contributed by atoms with van der Waals surface area (Å²) in [4.78, 5) is 3.02. The predicted molar refractivity (Wildman–Crippen MR) is 88.0 cm³/mol. The van der Waals surface area contributed by atoms with E-state index in [1.807, 2.05) is 11.3 Å². The van der Waals surface area contributed by atoms with E-state index < -0.39 is 0 Å². The summed E-state index contributed by atoms with van der Waals surface area (Å²) in [6, 6.07) is 5.15. The predicted octanol–water partition coefficient (Wildman–Crippen LogP) is 5.42. The molecule has 0 aliphatic heterocycles. The monoisotopic (exact) mass is 281 g/mol. The van der Waals surface area contributed by atoms with Gasteiger partial charge in [-0.2, -0.15) is 0 Å². The maximum absolute atomic E-state index is 3.74. The van der Waals surface area contributed by atoms with Crippen LogP contribution in [-0.4, -0.2) is 6.54 Å². The summed E-state index contributed by atoms with van der Waals surface area (Å²) < 4.78 is 0. The van der Waals surface area contributed by atoms with Crippen molar-refractivity contribution in [1.29, 1.82) is 0 Å². The van der Waals surface area contributed by atoms with Crippen LogP contribution in [0.2, 0.25) is 0 Å². The summed E-state index contributed by atoms with van der Waals surface area (Å²) in [5, 5.41) is 3.74. The molecule has 0 radical (unpaired) electrons. The lowest BCUT2D eigenvalue weighted by atomic mass is 9.78. The van der Waals surface area contributed by atoms with Gasteiger partial charge < -0.3 is 5.32 Å². The Hall–Kier alpha value is -0.340.